The second-order valence-corrected chi connectivity index (χ2v) is 15.9. The Labute approximate surface area is 193 Å². The van der Waals surface area contributed by atoms with E-state index in [1.165, 1.54) is 0 Å². The predicted octanol–water partition coefficient (Wildman–Crippen LogP) is 7.41. The number of halogens is 1. The van der Waals surface area contributed by atoms with Gasteiger partial charge in [-0.25, -0.2) is 0 Å². The quantitative estimate of drug-likeness (QED) is 0.321. The van der Waals surface area contributed by atoms with Crippen molar-refractivity contribution in [3.8, 4) is 5.75 Å². The Kier molecular flexibility index (Phi) is 7.02. The Bertz CT molecular complexity index is 960. The van der Waals surface area contributed by atoms with Gasteiger partial charge in [0.05, 0.1) is 24.9 Å². The molecule has 1 amide bonds. The lowest BCUT2D eigenvalue weighted by molar-refractivity contribution is -0.113. The number of ether oxygens (including phenoxy) is 1. The number of nitrogens with zero attached hydrogens (tertiary/aromatic N) is 1. The van der Waals surface area contributed by atoms with E-state index in [2.05, 4.69) is 41.5 Å². The number of benzene rings is 2. The average molecular weight is 456 g/mol. The summed E-state index contributed by atoms with van der Waals surface area (Å²) in [5, 5.41) is 0. The zero-order valence-corrected chi connectivity index (χ0v) is 21.5. The Morgan fingerprint density at radius 3 is 2.06 bits per heavy atom. The van der Waals surface area contributed by atoms with Gasteiger partial charge in [0.2, 0.25) is 0 Å². The fraction of sp³-hybridized carbons (Fsp3) is 0.423. The summed E-state index contributed by atoms with van der Waals surface area (Å²) in [6.07, 6.45) is 0. The van der Waals surface area contributed by atoms with Crippen molar-refractivity contribution in [3.05, 3.63) is 64.3 Å². The second-order valence-electron chi connectivity index (χ2n) is 9.35. The molecule has 0 radical (unpaired) electrons. The van der Waals surface area contributed by atoms with Crippen LogP contribution in [-0.4, -0.2) is 21.1 Å². The third kappa shape index (κ3) is 3.96. The van der Waals surface area contributed by atoms with Crippen LogP contribution in [-0.2, 0) is 11.3 Å². The van der Waals surface area contributed by atoms with Gasteiger partial charge in [-0.3, -0.25) is 4.79 Å². The summed E-state index contributed by atoms with van der Waals surface area (Å²) in [6.45, 7) is 14.1. The third-order valence-corrected chi connectivity index (χ3v) is 14.8. The maximum Gasteiger partial charge on any atom is 0.260 e. The molecule has 0 spiro atoms. The van der Waals surface area contributed by atoms with E-state index in [1.807, 2.05) is 53.4 Å². The molecule has 0 bridgehead atoms. The van der Waals surface area contributed by atoms with E-state index in [1.54, 1.807) is 7.11 Å². The van der Waals surface area contributed by atoms with E-state index in [0.29, 0.717) is 28.7 Å². The zero-order valence-electron chi connectivity index (χ0n) is 19.7. The smallest absolute Gasteiger partial charge is 0.260 e. The molecule has 1 aliphatic rings. The highest BCUT2D eigenvalue weighted by Crippen LogP contribution is 2.52. The maximum atomic E-state index is 13.9. The van der Waals surface area contributed by atoms with Crippen molar-refractivity contribution in [1.82, 2.24) is 0 Å². The molecule has 1 aliphatic heterocycles. The molecule has 5 heteroatoms. The molecule has 1 heterocycles. The Balaban J connectivity index is 2.25. The summed E-state index contributed by atoms with van der Waals surface area (Å²) in [4.78, 5) is 15.7. The summed E-state index contributed by atoms with van der Waals surface area (Å²) in [7, 11) is -0.533. The van der Waals surface area contributed by atoms with Crippen LogP contribution in [0.1, 0.15) is 52.7 Å². The third-order valence-electron chi connectivity index (χ3n) is 6.87. The summed E-state index contributed by atoms with van der Waals surface area (Å²) in [5.41, 5.74) is 4.84. The van der Waals surface area contributed by atoms with Gasteiger partial charge in [-0.05, 0) is 34.3 Å². The minimum Gasteiger partial charge on any atom is -0.497 e. The molecule has 3 rings (SSSR count). The van der Waals surface area contributed by atoms with Gasteiger partial charge in [0.25, 0.3) is 5.91 Å². The molecule has 0 saturated heterocycles. The van der Waals surface area contributed by atoms with E-state index in [9.17, 15) is 4.79 Å². The SMILES string of the molecule is COc1ccc2c(c1)N(Cc1ccccc1)C(=O)/C2=C(/Cl)[Si](C(C)C)(C(C)C)C(C)C. The zero-order chi connectivity index (χ0) is 22.9. The normalized spacial score (nSPS) is 15.8. The predicted molar refractivity (Wildman–Crippen MR) is 134 cm³/mol. The van der Waals surface area contributed by atoms with Crippen molar-refractivity contribution in [2.24, 2.45) is 0 Å². The number of hydrogen-bond acceptors (Lipinski definition) is 2. The van der Waals surface area contributed by atoms with Gasteiger partial charge < -0.3 is 9.64 Å². The lowest BCUT2D eigenvalue weighted by atomic mass is 10.1. The fourth-order valence-corrected chi connectivity index (χ4v) is 13.9. The molecule has 0 aliphatic carbocycles. The number of methoxy groups -OCH3 is 1. The number of carbonyl (C=O) groups is 1. The van der Waals surface area contributed by atoms with Crippen LogP contribution >= 0.6 is 11.6 Å². The number of anilines is 1. The lowest BCUT2D eigenvalue weighted by Gasteiger charge is -2.43. The van der Waals surface area contributed by atoms with Crippen molar-refractivity contribution < 1.29 is 9.53 Å². The highest BCUT2D eigenvalue weighted by Gasteiger charge is 2.49. The Morgan fingerprint density at radius 1 is 0.968 bits per heavy atom. The summed E-state index contributed by atoms with van der Waals surface area (Å²) >= 11 is 7.32. The maximum absolute atomic E-state index is 13.9. The molecule has 166 valence electrons. The number of fused-ring (bicyclic) bond motifs is 1. The minimum atomic E-state index is -2.18. The van der Waals surface area contributed by atoms with E-state index >= 15 is 0 Å². The lowest BCUT2D eigenvalue weighted by Crippen LogP contribution is -2.46. The monoisotopic (exact) mass is 455 g/mol. The van der Waals surface area contributed by atoms with Crippen LogP contribution in [0.25, 0.3) is 5.57 Å². The number of hydrogen-bond donors (Lipinski definition) is 0. The van der Waals surface area contributed by atoms with E-state index < -0.39 is 8.07 Å². The van der Waals surface area contributed by atoms with Crippen LogP contribution in [0.3, 0.4) is 0 Å². The molecule has 0 unspecified atom stereocenters. The molecule has 31 heavy (non-hydrogen) atoms. The van der Waals surface area contributed by atoms with Crippen molar-refractivity contribution >= 4 is 36.8 Å². The van der Waals surface area contributed by atoms with Crippen molar-refractivity contribution in [3.63, 3.8) is 0 Å². The molecular weight excluding hydrogens is 422 g/mol. The largest absolute Gasteiger partial charge is 0.497 e. The van der Waals surface area contributed by atoms with Crippen LogP contribution in [0.2, 0.25) is 16.6 Å². The number of carbonyl (C=O) groups excluding carboxylic acids is 1. The first-order chi connectivity index (χ1) is 14.7. The van der Waals surface area contributed by atoms with E-state index in [4.69, 9.17) is 16.3 Å². The van der Waals surface area contributed by atoms with Gasteiger partial charge >= 0.3 is 0 Å². The van der Waals surface area contributed by atoms with E-state index in [0.717, 1.165) is 27.2 Å². The number of amides is 1. The van der Waals surface area contributed by atoms with Gasteiger partial charge in [0.15, 0.2) is 0 Å². The molecule has 0 fully saturated rings. The van der Waals surface area contributed by atoms with Gasteiger partial charge in [0, 0.05) is 16.3 Å². The van der Waals surface area contributed by atoms with Crippen molar-refractivity contribution in [2.45, 2.75) is 64.7 Å². The Morgan fingerprint density at radius 2 is 1.55 bits per heavy atom. The topological polar surface area (TPSA) is 29.5 Å². The Hall–Kier alpha value is -2.04. The fourth-order valence-electron chi connectivity index (χ4n) is 5.54. The highest BCUT2D eigenvalue weighted by molar-refractivity contribution is 6.98. The second kappa shape index (κ2) is 9.21. The minimum absolute atomic E-state index is 0.00377. The summed E-state index contributed by atoms with van der Waals surface area (Å²) in [5.74, 6) is 0.734. The van der Waals surface area contributed by atoms with Crippen LogP contribution in [0.5, 0.6) is 5.75 Å². The number of rotatable bonds is 7. The molecule has 0 N–H and O–H groups in total. The first kappa shape index (κ1) is 23.6. The molecule has 0 atom stereocenters. The average Bonchev–Trinajstić information content (AvgIpc) is 2.99. The summed E-state index contributed by atoms with van der Waals surface area (Å²) < 4.78 is 6.29. The van der Waals surface area contributed by atoms with Crippen LogP contribution in [0, 0.1) is 0 Å². The van der Waals surface area contributed by atoms with Crippen LogP contribution in [0.15, 0.2) is 53.2 Å². The standard InChI is InChI=1S/C26H34ClNO2Si/c1-17(2)31(18(3)4,19(5)6)25(27)24-22-14-13-21(30-7)15-23(22)28(26(24)29)16-20-11-9-8-10-12-20/h8-15,17-19H,16H2,1-7H3/b25-24-. The van der Waals surface area contributed by atoms with Crippen molar-refractivity contribution in [1.29, 1.82) is 0 Å². The summed E-state index contributed by atoms with van der Waals surface area (Å²) in [6, 6.07) is 16.0. The van der Waals surface area contributed by atoms with E-state index in [-0.39, 0.29) is 5.91 Å². The van der Waals surface area contributed by atoms with Crippen LogP contribution in [0.4, 0.5) is 5.69 Å². The van der Waals surface area contributed by atoms with Crippen LogP contribution < -0.4 is 9.64 Å². The highest BCUT2D eigenvalue weighted by atomic mass is 35.5. The van der Waals surface area contributed by atoms with Gasteiger partial charge in [0.1, 0.15) is 13.8 Å². The first-order valence-corrected chi connectivity index (χ1v) is 13.7. The van der Waals surface area contributed by atoms with Gasteiger partial charge in [-0.1, -0.05) is 83.5 Å². The molecule has 3 nitrogen and oxygen atoms in total. The molecule has 2 aromatic rings. The molecular formula is C26H34ClNO2Si. The molecule has 0 aromatic heterocycles. The van der Waals surface area contributed by atoms with Crippen molar-refractivity contribution in [2.75, 3.05) is 12.0 Å². The molecule has 2 aromatic carbocycles. The van der Waals surface area contributed by atoms with Gasteiger partial charge in [-0.15, -0.1) is 0 Å². The molecule has 0 saturated carbocycles. The first-order valence-electron chi connectivity index (χ1n) is 11.1. The van der Waals surface area contributed by atoms with Gasteiger partial charge in [-0.2, -0.15) is 0 Å².